The fourth-order valence-corrected chi connectivity index (χ4v) is 2.99. The largest absolute Gasteiger partial charge is 0.451 e. The van der Waals surface area contributed by atoms with Gasteiger partial charge in [0.05, 0.1) is 15.9 Å². The number of fused-ring (bicyclic) bond motifs is 1. The molecule has 3 heterocycles. The van der Waals surface area contributed by atoms with E-state index in [1.807, 2.05) is 0 Å². The number of thiophene rings is 1. The molecule has 3 aromatic rings. The number of rotatable bonds is 2. The highest BCUT2D eigenvalue weighted by molar-refractivity contribution is 7.17. The van der Waals surface area contributed by atoms with Crippen molar-refractivity contribution < 1.29 is 13.2 Å². The summed E-state index contributed by atoms with van der Waals surface area (Å²) < 4.78 is 39.5. The zero-order valence-corrected chi connectivity index (χ0v) is 11.7. The third-order valence-electron chi connectivity index (χ3n) is 3.12. The van der Waals surface area contributed by atoms with E-state index >= 15 is 0 Å². The molecule has 0 saturated carbocycles. The molecule has 1 unspecified atom stereocenters. The van der Waals surface area contributed by atoms with Crippen LogP contribution in [0.25, 0.3) is 10.2 Å². The van der Waals surface area contributed by atoms with Gasteiger partial charge in [-0.15, -0.1) is 11.3 Å². The van der Waals surface area contributed by atoms with Crippen LogP contribution in [0, 0.1) is 0 Å². The van der Waals surface area contributed by atoms with Crippen LogP contribution in [0.4, 0.5) is 13.2 Å². The monoisotopic (exact) mass is 309 g/mol. The summed E-state index contributed by atoms with van der Waals surface area (Å²) in [4.78, 5) is 11.6. The van der Waals surface area contributed by atoms with Gasteiger partial charge in [-0.05, 0) is 23.6 Å². The molecule has 0 fully saturated rings. The number of nitrogens with zero attached hydrogens (tertiary/aromatic N) is 3. The molecule has 0 saturated heterocycles. The molecule has 0 spiro atoms. The summed E-state index contributed by atoms with van der Waals surface area (Å²) in [5, 5.41) is 1.72. The van der Waals surface area contributed by atoms with Crippen LogP contribution in [0.2, 0.25) is 0 Å². The van der Waals surface area contributed by atoms with E-state index in [0.717, 1.165) is 0 Å². The zero-order valence-electron chi connectivity index (χ0n) is 10.9. The molecule has 0 aliphatic rings. The van der Waals surface area contributed by atoms with Gasteiger partial charge in [0.2, 0.25) is 5.82 Å². The number of hydrogen-bond donors (Lipinski definition) is 0. The van der Waals surface area contributed by atoms with Crippen molar-refractivity contribution in [3.63, 3.8) is 0 Å². The van der Waals surface area contributed by atoms with Crippen LogP contribution in [0.3, 0.4) is 0 Å². The maximum absolute atomic E-state index is 12.9. The third kappa shape index (κ3) is 2.61. The number of alkyl halides is 3. The second kappa shape index (κ2) is 5.07. The van der Waals surface area contributed by atoms with Gasteiger partial charge in [-0.25, -0.2) is 9.97 Å². The topological polar surface area (TPSA) is 38.7 Å². The number of halogens is 3. The summed E-state index contributed by atoms with van der Waals surface area (Å²) in [6.07, 6.45) is -2.95. The van der Waals surface area contributed by atoms with Crippen molar-refractivity contribution in [3.05, 3.63) is 53.1 Å². The lowest BCUT2D eigenvalue weighted by atomic mass is 10.0. The Morgan fingerprint density at radius 3 is 2.62 bits per heavy atom. The van der Waals surface area contributed by atoms with Crippen LogP contribution in [-0.2, 0) is 6.18 Å². The van der Waals surface area contributed by atoms with E-state index in [0.29, 0.717) is 21.6 Å². The van der Waals surface area contributed by atoms with Gasteiger partial charge in [0, 0.05) is 17.8 Å². The van der Waals surface area contributed by atoms with Crippen LogP contribution >= 0.6 is 11.3 Å². The Balaban J connectivity index is 2.19. The van der Waals surface area contributed by atoms with Crippen molar-refractivity contribution >= 4 is 21.6 Å². The Morgan fingerprint density at radius 2 is 1.95 bits per heavy atom. The Labute approximate surface area is 122 Å². The van der Waals surface area contributed by atoms with Gasteiger partial charge in [0.1, 0.15) is 0 Å². The average Bonchev–Trinajstić information content (AvgIpc) is 2.94. The van der Waals surface area contributed by atoms with Gasteiger partial charge in [0.15, 0.2) is 0 Å². The molecule has 21 heavy (non-hydrogen) atoms. The van der Waals surface area contributed by atoms with Crippen molar-refractivity contribution in [1.82, 2.24) is 15.0 Å². The maximum Gasteiger partial charge on any atom is 0.451 e. The quantitative estimate of drug-likeness (QED) is 0.710. The Bertz CT molecular complexity index is 768. The van der Waals surface area contributed by atoms with Crippen molar-refractivity contribution in [2.75, 3.05) is 0 Å². The summed E-state index contributed by atoms with van der Waals surface area (Å²) >= 11 is 1.34. The summed E-state index contributed by atoms with van der Waals surface area (Å²) in [7, 11) is 0. The van der Waals surface area contributed by atoms with Crippen LogP contribution in [0.15, 0.2) is 35.8 Å². The molecule has 1 atom stereocenters. The summed E-state index contributed by atoms with van der Waals surface area (Å²) in [6, 6.07) is 6.92. The summed E-state index contributed by atoms with van der Waals surface area (Å²) in [5.74, 6) is -1.44. The molecule has 7 heteroatoms. The first kappa shape index (κ1) is 13.9. The van der Waals surface area contributed by atoms with E-state index in [9.17, 15) is 13.2 Å². The summed E-state index contributed by atoms with van der Waals surface area (Å²) in [5.41, 5.74) is 1.36. The lowest BCUT2D eigenvalue weighted by Gasteiger charge is -2.13. The first-order chi connectivity index (χ1) is 9.97. The molecule has 0 aliphatic carbocycles. The van der Waals surface area contributed by atoms with Gasteiger partial charge in [-0.2, -0.15) is 13.2 Å². The molecule has 0 N–H and O–H groups in total. The van der Waals surface area contributed by atoms with Gasteiger partial charge < -0.3 is 0 Å². The van der Waals surface area contributed by atoms with Gasteiger partial charge in [-0.1, -0.05) is 13.0 Å². The highest BCUT2D eigenvalue weighted by Gasteiger charge is 2.36. The van der Waals surface area contributed by atoms with Crippen LogP contribution in [-0.4, -0.2) is 15.0 Å². The van der Waals surface area contributed by atoms with Crippen LogP contribution in [0.5, 0.6) is 0 Å². The molecule has 108 valence electrons. The molecule has 0 amide bonds. The maximum atomic E-state index is 12.9. The Morgan fingerprint density at radius 1 is 1.14 bits per heavy atom. The lowest BCUT2D eigenvalue weighted by molar-refractivity contribution is -0.144. The van der Waals surface area contributed by atoms with Crippen molar-refractivity contribution in [2.24, 2.45) is 0 Å². The molecule has 0 aromatic carbocycles. The van der Waals surface area contributed by atoms with E-state index in [2.05, 4.69) is 15.0 Å². The lowest BCUT2D eigenvalue weighted by Crippen LogP contribution is -2.14. The molecule has 0 bridgehead atoms. The molecule has 3 nitrogen and oxygen atoms in total. The molecule has 3 aromatic heterocycles. The number of hydrogen-bond acceptors (Lipinski definition) is 4. The minimum absolute atomic E-state index is 0.320. The molecule has 3 rings (SSSR count). The van der Waals surface area contributed by atoms with E-state index in [1.165, 1.54) is 11.3 Å². The Hall–Kier alpha value is -2.02. The predicted octanol–water partition coefficient (Wildman–Crippen LogP) is 4.26. The highest BCUT2D eigenvalue weighted by atomic mass is 32.1. The normalized spacial score (nSPS) is 13.5. The second-order valence-electron chi connectivity index (χ2n) is 4.54. The van der Waals surface area contributed by atoms with Crippen LogP contribution < -0.4 is 0 Å². The molecule has 0 aliphatic heterocycles. The number of aromatic nitrogens is 3. The van der Waals surface area contributed by atoms with E-state index in [-0.39, 0.29) is 5.92 Å². The molecular formula is C14H10F3N3S. The van der Waals surface area contributed by atoms with E-state index in [4.69, 9.17) is 0 Å². The highest BCUT2D eigenvalue weighted by Crippen LogP contribution is 2.34. The fourth-order valence-electron chi connectivity index (χ4n) is 2.08. The van der Waals surface area contributed by atoms with Gasteiger partial charge in [0.25, 0.3) is 0 Å². The average molecular weight is 309 g/mol. The summed E-state index contributed by atoms with van der Waals surface area (Å²) in [6.45, 7) is 1.80. The zero-order chi connectivity index (χ0) is 15.0. The molecular weight excluding hydrogens is 299 g/mol. The van der Waals surface area contributed by atoms with Crippen molar-refractivity contribution in [3.8, 4) is 0 Å². The third-order valence-corrected chi connectivity index (χ3v) is 4.05. The van der Waals surface area contributed by atoms with Gasteiger partial charge >= 0.3 is 6.18 Å². The van der Waals surface area contributed by atoms with E-state index in [1.54, 1.807) is 42.8 Å². The Kier molecular flexibility index (Phi) is 3.36. The first-order valence-corrected chi connectivity index (χ1v) is 7.08. The van der Waals surface area contributed by atoms with Crippen LogP contribution in [0.1, 0.15) is 30.1 Å². The smallest absolute Gasteiger partial charge is 0.261 e. The predicted molar refractivity (Wildman–Crippen MR) is 74.2 cm³/mol. The standard InChI is InChI=1S/C14H10F3N3S/c1-8(9-4-2-3-6-18-9)11-12-10(5-7-21-12)19-13(20-11)14(15,16)17/h2-8H,1H3. The second-order valence-corrected chi connectivity index (χ2v) is 5.46. The van der Waals surface area contributed by atoms with Gasteiger partial charge in [-0.3, -0.25) is 4.98 Å². The SMILES string of the molecule is CC(c1ccccn1)c1nc(C(F)(F)F)nc2ccsc12. The number of pyridine rings is 1. The minimum atomic E-state index is -4.56. The van der Waals surface area contributed by atoms with Crippen molar-refractivity contribution in [1.29, 1.82) is 0 Å². The first-order valence-electron chi connectivity index (χ1n) is 6.20. The fraction of sp³-hybridized carbons (Fsp3) is 0.214. The minimum Gasteiger partial charge on any atom is -0.261 e. The van der Waals surface area contributed by atoms with E-state index < -0.39 is 12.0 Å². The molecule has 0 radical (unpaired) electrons. The van der Waals surface area contributed by atoms with Crippen molar-refractivity contribution in [2.45, 2.75) is 19.0 Å².